The second-order valence-electron chi connectivity index (χ2n) is 10.1. The van der Waals surface area contributed by atoms with Crippen LogP contribution in [0.5, 0.6) is 5.75 Å². The minimum absolute atomic E-state index is 0.0158. The number of methoxy groups -OCH3 is 1. The molecule has 2 unspecified atom stereocenters. The lowest BCUT2D eigenvalue weighted by Gasteiger charge is -2.42. The molecule has 0 aliphatic carbocycles. The molecule has 0 radical (unpaired) electrons. The van der Waals surface area contributed by atoms with Crippen LogP contribution in [0.4, 0.5) is 15.3 Å². The Kier molecular flexibility index (Phi) is 7.21. The van der Waals surface area contributed by atoms with E-state index in [2.05, 4.69) is 17.4 Å². The number of nitrogens with zero attached hydrogens (tertiary/aromatic N) is 2. The van der Waals surface area contributed by atoms with Crippen LogP contribution in [0.3, 0.4) is 0 Å². The van der Waals surface area contributed by atoms with Crippen molar-refractivity contribution in [3.05, 3.63) is 59.2 Å². The molecule has 2 aliphatic rings. The summed E-state index contributed by atoms with van der Waals surface area (Å²) in [5, 5.41) is 3.68. The molecule has 0 saturated carbocycles. The van der Waals surface area contributed by atoms with E-state index < -0.39 is 5.60 Å². The molecular formula is C27H35N3O5. The third-order valence-corrected chi connectivity index (χ3v) is 6.42. The van der Waals surface area contributed by atoms with Crippen LogP contribution in [0, 0.1) is 0 Å². The number of piperidine rings is 1. The van der Waals surface area contributed by atoms with Gasteiger partial charge in [-0.1, -0.05) is 30.3 Å². The van der Waals surface area contributed by atoms with Crippen molar-refractivity contribution in [1.29, 1.82) is 0 Å². The molecule has 2 aromatic rings. The highest BCUT2D eigenvalue weighted by atomic mass is 16.6. The van der Waals surface area contributed by atoms with Gasteiger partial charge in [-0.15, -0.1) is 0 Å². The van der Waals surface area contributed by atoms with Gasteiger partial charge in [-0.2, -0.15) is 0 Å². The molecule has 8 heteroatoms. The maximum absolute atomic E-state index is 13.2. The number of benzene rings is 2. The summed E-state index contributed by atoms with van der Waals surface area (Å²) in [6, 6.07) is 13.8. The molecule has 2 atom stereocenters. The van der Waals surface area contributed by atoms with Gasteiger partial charge in [-0.3, -0.25) is 9.80 Å². The molecule has 0 spiro atoms. The normalized spacial score (nSPS) is 20.2. The molecule has 1 fully saturated rings. The van der Waals surface area contributed by atoms with Crippen molar-refractivity contribution in [2.75, 3.05) is 25.6 Å². The Labute approximate surface area is 207 Å². The van der Waals surface area contributed by atoms with Crippen molar-refractivity contribution in [2.45, 2.75) is 64.4 Å². The predicted octanol–water partition coefficient (Wildman–Crippen LogP) is 5.01. The van der Waals surface area contributed by atoms with Gasteiger partial charge in [0.25, 0.3) is 0 Å². The number of likely N-dealkylation sites (tertiary alicyclic amines) is 1. The van der Waals surface area contributed by atoms with Crippen molar-refractivity contribution < 1.29 is 23.8 Å². The zero-order valence-electron chi connectivity index (χ0n) is 21.2. The number of ether oxygens (including phenoxy) is 3. The van der Waals surface area contributed by atoms with Crippen LogP contribution >= 0.6 is 0 Å². The number of anilines is 1. The summed E-state index contributed by atoms with van der Waals surface area (Å²) < 4.78 is 16.6. The van der Waals surface area contributed by atoms with Crippen molar-refractivity contribution in [3.8, 4) is 5.75 Å². The molecule has 0 aromatic heterocycles. The van der Waals surface area contributed by atoms with E-state index >= 15 is 0 Å². The average Bonchev–Trinajstić information content (AvgIpc) is 2.84. The molecule has 4 rings (SSSR count). The van der Waals surface area contributed by atoms with Gasteiger partial charge in [0.2, 0.25) is 0 Å². The lowest BCUT2D eigenvalue weighted by Crippen LogP contribution is -2.51. The maximum Gasteiger partial charge on any atom is 0.414 e. The molecule has 8 nitrogen and oxygen atoms in total. The van der Waals surface area contributed by atoms with E-state index in [0.717, 1.165) is 41.0 Å². The summed E-state index contributed by atoms with van der Waals surface area (Å²) in [6.07, 6.45) is 1.12. The molecule has 188 valence electrons. The fraction of sp³-hybridized carbons (Fsp3) is 0.481. The Morgan fingerprint density at radius 2 is 1.94 bits per heavy atom. The average molecular weight is 482 g/mol. The number of carbonyl (C=O) groups is 2. The van der Waals surface area contributed by atoms with Gasteiger partial charge in [-0.05, 0) is 51.3 Å². The molecular weight excluding hydrogens is 446 g/mol. The summed E-state index contributed by atoms with van der Waals surface area (Å²) in [4.78, 5) is 28.5. The van der Waals surface area contributed by atoms with E-state index in [1.165, 1.54) is 4.90 Å². The fourth-order valence-electron chi connectivity index (χ4n) is 4.78. The second kappa shape index (κ2) is 10.2. The van der Waals surface area contributed by atoms with Gasteiger partial charge < -0.3 is 19.5 Å². The van der Waals surface area contributed by atoms with Crippen molar-refractivity contribution >= 4 is 17.9 Å². The zero-order chi connectivity index (χ0) is 25.2. The zero-order valence-corrected chi connectivity index (χ0v) is 21.2. The number of nitrogens with one attached hydrogen (secondary N) is 1. The van der Waals surface area contributed by atoms with E-state index in [1.807, 2.05) is 56.0 Å². The first-order valence-corrected chi connectivity index (χ1v) is 12.1. The highest BCUT2D eigenvalue weighted by Gasteiger charge is 2.37. The third-order valence-electron chi connectivity index (χ3n) is 6.42. The summed E-state index contributed by atoms with van der Waals surface area (Å²) in [5.74, 6) is 0.735. The molecule has 2 aliphatic heterocycles. The molecule has 35 heavy (non-hydrogen) atoms. The van der Waals surface area contributed by atoms with Crippen LogP contribution in [-0.4, -0.2) is 49.4 Å². The van der Waals surface area contributed by atoms with Gasteiger partial charge in [-0.25, -0.2) is 9.59 Å². The summed E-state index contributed by atoms with van der Waals surface area (Å²) in [5.41, 5.74) is 3.16. The van der Waals surface area contributed by atoms with E-state index in [0.29, 0.717) is 13.1 Å². The standard InChI is InChI=1S/C27H35N3O5/c1-27(2,3)35-26(32)30-13-9-12-21(24(30)18-10-7-6-8-11-18)28-16-19-14-22-20(15-23(19)33-5)17-34-25(31)29(22)4/h6-8,10-11,14-15,21,24,28H,9,12-13,16-17H2,1-5H3. The number of fused-ring (bicyclic) bond motifs is 1. The lowest BCUT2D eigenvalue weighted by molar-refractivity contribution is 0.00380. The number of rotatable bonds is 5. The maximum atomic E-state index is 13.2. The number of cyclic esters (lactones) is 1. The first-order valence-electron chi connectivity index (χ1n) is 12.1. The smallest absolute Gasteiger partial charge is 0.414 e. The topological polar surface area (TPSA) is 80.3 Å². The summed E-state index contributed by atoms with van der Waals surface area (Å²) in [6.45, 7) is 7.05. The third kappa shape index (κ3) is 5.53. The molecule has 2 aromatic carbocycles. The summed E-state index contributed by atoms with van der Waals surface area (Å²) in [7, 11) is 3.34. The minimum Gasteiger partial charge on any atom is -0.496 e. The Bertz CT molecular complexity index is 1070. The molecule has 2 amide bonds. The highest BCUT2D eigenvalue weighted by molar-refractivity contribution is 5.90. The first kappa shape index (κ1) is 24.9. The molecule has 2 heterocycles. The number of carbonyl (C=O) groups excluding carboxylic acids is 2. The van der Waals surface area contributed by atoms with E-state index in [-0.39, 0.29) is 30.9 Å². The van der Waals surface area contributed by atoms with Crippen LogP contribution in [0.15, 0.2) is 42.5 Å². The fourth-order valence-corrected chi connectivity index (χ4v) is 4.78. The van der Waals surface area contributed by atoms with Crippen molar-refractivity contribution in [1.82, 2.24) is 10.2 Å². The summed E-state index contributed by atoms with van der Waals surface area (Å²) >= 11 is 0. The second-order valence-corrected chi connectivity index (χ2v) is 10.1. The predicted molar refractivity (Wildman–Crippen MR) is 134 cm³/mol. The SMILES string of the molecule is COc1cc2c(cc1CNC1CCCN(C(=O)OC(C)(C)C)C1c1ccccc1)N(C)C(=O)OC2. The Balaban J connectivity index is 1.60. The van der Waals surface area contributed by atoms with Crippen LogP contribution in [0.1, 0.15) is 56.3 Å². The lowest BCUT2D eigenvalue weighted by atomic mass is 9.90. The van der Waals surface area contributed by atoms with Gasteiger partial charge in [0.1, 0.15) is 18.0 Å². The van der Waals surface area contributed by atoms with Gasteiger partial charge in [0, 0.05) is 37.3 Å². The Morgan fingerprint density at radius 1 is 1.20 bits per heavy atom. The number of hydrogen-bond acceptors (Lipinski definition) is 6. The van der Waals surface area contributed by atoms with Gasteiger partial charge >= 0.3 is 12.2 Å². The van der Waals surface area contributed by atoms with Crippen molar-refractivity contribution in [3.63, 3.8) is 0 Å². The van der Waals surface area contributed by atoms with Crippen LogP contribution in [-0.2, 0) is 22.6 Å². The first-order chi connectivity index (χ1) is 16.7. The van der Waals surface area contributed by atoms with Crippen LogP contribution < -0.4 is 15.0 Å². The number of hydrogen-bond donors (Lipinski definition) is 1. The Morgan fingerprint density at radius 3 is 2.63 bits per heavy atom. The Hall–Kier alpha value is -3.26. The molecule has 0 bridgehead atoms. The molecule has 1 N–H and O–H groups in total. The number of amides is 2. The van der Waals surface area contributed by atoms with E-state index in [9.17, 15) is 9.59 Å². The van der Waals surface area contributed by atoms with Crippen LogP contribution in [0.25, 0.3) is 0 Å². The minimum atomic E-state index is -0.567. The highest BCUT2D eigenvalue weighted by Crippen LogP contribution is 2.35. The molecule has 1 saturated heterocycles. The quantitative estimate of drug-likeness (QED) is 0.647. The van der Waals surface area contributed by atoms with Gasteiger partial charge in [0.15, 0.2) is 0 Å². The monoisotopic (exact) mass is 481 g/mol. The van der Waals surface area contributed by atoms with Crippen LogP contribution in [0.2, 0.25) is 0 Å². The largest absolute Gasteiger partial charge is 0.496 e. The van der Waals surface area contributed by atoms with Crippen molar-refractivity contribution in [2.24, 2.45) is 0 Å². The van der Waals surface area contributed by atoms with E-state index in [1.54, 1.807) is 14.2 Å². The van der Waals surface area contributed by atoms with E-state index in [4.69, 9.17) is 14.2 Å². The van der Waals surface area contributed by atoms with Gasteiger partial charge in [0.05, 0.1) is 18.8 Å².